The van der Waals surface area contributed by atoms with E-state index in [0.29, 0.717) is 0 Å². The topological polar surface area (TPSA) is 74.8 Å². The van der Waals surface area contributed by atoms with Gasteiger partial charge in [-0.05, 0) is 42.5 Å². The number of amides is 2. The van der Waals surface area contributed by atoms with E-state index in [0.717, 1.165) is 42.5 Å². The first-order chi connectivity index (χ1) is 14.9. The summed E-state index contributed by atoms with van der Waals surface area (Å²) in [4.78, 5) is 27.2. The van der Waals surface area contributed by atoms with Gasteiger partial charge in [-0.3, -0.25) is 9.59 Å². The van der Waals surface area contributed by atoms with Crippen molar-refractivity contribution in [2.24, 2.45) is 0 Å². The molecule has 1 saturated heterocycles. The van der Waals surface area contributed by atoms with Crippen molar-refractivity contribution in [1.82, 2.24) is 9.80 Å². The summed E-state index contributed by atoms with van der Waals surface area (Å²) in [6.45, 7) is 0.360. The third kappa shape index (κ3) is 4.90. The second-order valence-electron chi connectivity index (χ2n) is 6.99. The Morgan fingerprint density at radius 2 is 1.31 bits per heavy atom. The second-order valence-corrected chi connectivity index (χ2v) is 8.91. The Balaban J connectivity index is 1.64. The monoisotopic (exact) mass is 476 g/mol. The normalized spacial score (nSPS) is 15.2. The Morgan fingerprint density at radius 3 is 1.78 bits per heavy atom. The molecular weight excluding hydrogens is 459 g/mol. The predicted octanol–water partition coefficient (Wildman–Crippen LogP) is 3.30. The van der Waals surface area contributed by atoms with E-state index in [-0.39, 0.29) is 37.3 Å². The molecule has 2 aromatic carbocycles. The first-order valence-corrected chi connectivity index (χ1v) is 10.8. The van der Waals surface area contributed by atoms with Crippen LogP contribution >= 0.6 is 0 Å². The minimum absolute atomic E-state index is 0.0795. The van der Waals surface area contributed by atoms with Crippen LogP contribution in [-0.2, 0) is 16.0 Å². The summed E-state index contributed by atoms with van der Waals surface area (Å²) in [5.74, 6) is -4.66. The number of benzene rings is 2. The minimum atomic E-state index is -4.77. The van der Waals surface area contributed by atoms with Crippen molar-refractivity contribution < 1.29 is 40.0 Å². The average molecular weight is 476 g/mol. The summed E-state index contributed by atoms with van der Waals surface area (Å²) < 4.78 is 86.7. The van der Waals surface area contributed by atoms with Crippen molar-refractivity contribution in [2.75, 3.05) is 26.2 Å². The molecule has 0 radical (unpaired) electrons. The van der Waals surface area contributed by atoms with Gasteiger partial charge in [0.15, 0.2) is 0 Å². The SMILES string of the molecule is O=C(c1ccc(S(=O)(=O)C(F)F)cc1)N1CCN(C(=O)c2cccc(C(F)(F)F)c2)CC1. The van der Waals surface area contributed by atoms with Crippen LogP contribution in [0.15, 0.2) is 53.4 Å². The van der Waals surface area contributed by atoms with E-state index in [9.17, 15) is 40.0 Å². The molecule has 3 rings (SSSR count). The fourth-order valence-electron chi connectivity index (χ4n) is 3.20. The highest BCUT2D eigenvalue weighted by Gasteiger charge is 2.32. The smallest absolute Gasteiger partial charge is 0.335 e. The highest BCUT2D eigenvalue weighted by atomic mass is 32.2. The summed E-state index contributed by atoms with van der Waals surface area (Å²) in [7, 11) is -4.77. The molecule has 0 unspecified atom stereocenters. The molecule has 0 aliphatic carbocycles. The van der Waals surface area contributed by atoms with Crippen molar-refractivity contribution in [3.05, 3.63) is 65.2 Å². The number of carbonyl (C=O) groups excluding carboxylic acids is 2. The Labute approximate surface area is 180 Å². The van der Waals surface area contributed by atoms with E-state index < -0.39 is 44.0 Å². The molecule has 2 aromatic rings. The number of carbonyl (C=O) groups is 2. The molecule has 1 fully saturated rings. The Bertz CT molecular complexity index is 1110. The number of halogens is 5. The number of nitrogens with zero attached hydrogens (tertiary/aromatic N) is 2. The van der Waals surface area contributed by atoms with Crippen LogP contribution in [0.1, 0.15) is 26.3 Å². The molecule has 0 N–H and O–H groups in total. The van der Waals surface area contributed by atoms with Gasteiger partial charge in [0.05, 0.1) is 10.5 Å². The van der Waals surface area contributed by atoms with Gasteiger partial charge in [-0.15, -0.1) is 0 Å². The van der Waals surface area contributed by atoms with E-state index >= 15 is 0 Å². The Hall–Kier alpha value is -3.02. The Kier molecular flexibility index (Phi) is 6.54. The minimum Gasteiger partial charge on any atom is -0.335 e. The van der Waals surface area contributed by atoms with Crippen LogP contribution in [0.25, 0.3) is 0 Å². The average Bonchev–Trinajstić information content (AvgIpc) is 2.77. The summed E-state index contributed by atoms with van der Waals surface area (Å²) in [6, 6.07) is 8.15. The van der Waals surface area contributed by atoms with E-state index in [1.807, 2.05) is 0 Å². The lowest BCUT2D eigenvalue weighted by Gasteiger charge is -2.35. The molecule has 32 heavy (non-hydrogen) atoms. The first kappa shape index (κ1) is 23.6. The van der Waals surface area contributed by atoms with E-state index in [1.54, 1.807) is 0 Å². The van der Waals surface area contributed by atoms with Crippen molar-refractivity contribution in [3.63, 3.8) is 0 Å². The van der Waals surface area contributed by atoms with Crippen molar-refractivity contribution >= 4 is 21.7 Å². The molecule has 0 aromatic heterocycles. The molecule has 1 aliphatic heterocycles. The highest BCUT2D eigenvalue weighted by Crippen LogP contribution is 2.30. The molecular formula is C20H17F5N2O4S. The number of sulfone groups is 1. The highest BCUT2D eigenvalue weighted by molar-refractivity contribution is 7.91. The van der Waals surface area contributed by atoms with Gasteiger partial charge in [-0.25, -0.2) is 8.42 Å². The van der Waals surface area contributed by atoms with Crippen molar-refractivity contribution in [2.45, 2.75) is 16.8 Å². The van der Waals surface area contributed by atoms with E-state index in [1.165, 1.54) is 15.9 Å². The molecule has 0 bridgehead atoms. The molecule has 1 aliphatic rings. The zero-order chi connectivity index (χ0) is 23.7. The molecule has 6 nitrogen and oxygen atoms in total. The van der Waals surface area contributed by atoms with Crippen LogP contribution < -0.4 is 0 Å². The molecule has 0 saturated carbocycles. The zero-order valence-electron chi connectivity index (χ0n) is 16.4. The lowest BCUT2D eigenvalue weighted by molar-refractivity contribution is -0.137. The molecule has 12 heteroatoms. The molecule has 0 spiro atoms. The summed E-state index contributed by atoms with van der Waals surface area (Å²) in [6.07, 6.45) is -4.58. The van der Waals surface area contributed by atoms with Crippen LogP contribution in [0, 0.1) is 0 Å². The number of alkyl halides is 5. The maximum absolute atomic E-state index is 12.9. The maximum Gasteiger partial charge on any atom is 0.416 e. The van der Waals surface area contributed by atoms with Crippen LogP contribution in [0.5, 0.6) is 0 Å². The fourth-order valence-corrected chi connectivity index (χ4v) is 3.92. The first-order valence-electron chi connectivity index (χ1n) is 9.29. The lowest BCUT2D eigenvalue weighted by Crippen LogP contribution is -2.50. The van der Waals surface area contributed by atoms with Gasteiger partial charge < -0.3 is 9.80 Å². The van der Waals surface area contributed by atoms with Crippen molar-refractivity contribution in [3.8, 4) is 0 Å². The van der Waals surface area contributed by atoms with Crippen molar-refractivity contribution in [1.29, 1.82) is 0 Å². The predicted molar refractivity (Wildman–Crippen MR) is 103 cm³/mol. The zero-order valence-corrected chi connectivity index (χ0v) is 17.2. The van der Waals surface area contributed by atoms with Gasteiger partial charge >= 0.3 is 11.9 Å². The van der Waals surface area contributed by atoms with Gasteiger partial charge in [0.1, 0.15) is 0 Å². The van der Waals surface area contributed by atoms with Gasteiger partial charge in [-0.2, -0.15) is 22.0 Å². The van der Waals surface area contributed by atoms with Crippen LogP contribution in [0.2, 0.25) is 0 Å². The third-order valence-corrected chi connectivity index (χ3v) is 6.35. The summed E-state index contributed by atoms with van der Waals surface area (Å²) in [5, 5.41) is 0. The second kappa shape index (κ2) is 8.85. The number of hydrogen-bond donors (Lipinski definition) is 0. The summed E-state index contributed by atoms with van der Waals surface area (Å²) >= 11 is 0. The van der Waals surface area contributed by atoms with Gasteiger partial charge in [0.2, 0.25) is 9.84 Å². The van der Waals surface area contributed by atoms with Crippen LogP contribution in [0.3, 0.4) is 0 Å². The van der Waals surface area contributed by atoms with E-state index in [2.05, 4.69) is 0 Å². The fraction of sp³-hybridized carbons (Fsp3) is 0.300. The van der Waals surface area contributed by atoms with Crippen LogP contribution in [0.4, 0.5) is 22.0 Å². The molecule has 172 valence electrons. The number of rotatable bonds is 4. The molecule has 0 atom stereocenters. The van der Waals surface area contributed by atoms with Gasteiger partial charge in [0.25, 0.3) is 11.8 Å². The largest absolute Gasteiger partial charge is 0.416 e. The summed E-state index contributed by atoms with van der Waals surface area (Å²) in [5.41, 5.74) is -0.972. The quantitative estimate of drug-likeness (QED) is 0.635. The van der Waals surface area contributed by atoms with Gasteiger partial charge in [0, 0.05) is 37.3 Å². The Morgan fingerprint density at radius 1 is 0.812 bits per heavy atom. The number of piperazine rings is 1. The molecule has 2 amide bonds. The van der Waals surface area contributed by atoms with Gasteiger partial charge in [-0.1, -0.05) is 6.07 Å². The third-order valence-electron chi connectivity index (χ3n) is 4.96. The lowest BCUT2D eigenvalue weighted by atomic mass is 10.1. The number of hydrogen-bond acceptors (Lipinski definition) is 4. The van der Waals surface area contributed by atoms with E-state index in [4.69, 9.17) is 0 Å². The standard InChI is InChI=1S/C20H17F5N2O4S/c21-19(22)32(30,31)16-6-4-13(5-7-16)17(28)26-8-10-27(11-9-26)18(29)14-2-1-3-15(12-14)20(23,24)25/h1-7,12,19H,8-11H2. The maximum atomic E-state index is 12.9. The van der Waals surface area contributed by atoms with Crippen LogP contribution in [-0.4, -0.2) is 62.0 Å². The molecule has 1 heterocycles.